The van der Waals surface area contributed by atoms with E-state index in [4.69, 9.17) is 0 Å². The number of hydrogen-bond acceptors (Lipinski definition) is 3. The second-order valence-electron chi connectivity index (χ2n) is 4.44. The summed E-state index contributed by atoms with van der Waals surface area (Å²) in [6.45, 7) is 3.08. The van der Waals surface area contributed by atoms with Gasteiger partial charge in [-0.15, -0.1) is 0 Å². The van der Waals surface area contributed by atoms with Crippen molar-refractivity contribution in [1.82, 2.24) is 10.2 Å². The van der Waals surface area contributed by atoms with Gasteiger partial charge in [0.05, 0.1) is 13.1 Å². The average Bonchev–Trinajstić information content (AvgIpc) is 2.37. The van der Waals surface area contributed by atoms with Gasteiger partial charge in [-0.3, -0.25) is 14.5 Å². The van der Waals surface area contributed by atoms with Crippen LogP contribution in [0.2, 0.25) is 0 Å². The largest absolute Gasteiger partial charge is 0.355 e. The van der Waals surface area contributed by atoms with Crippen LogP contribution < -0.4 is 10.6 Å². The van der Waals surface area contributed by atoms with Crippen LogP contribution >= 0.6 is 0 Å². The molecule has 19 heavy (non-hydrogen) atoms. The number of anilines is 1. The lowest BCUT2D eigenvalue weighted by atomic mass is 10.3. The molecule has 0 fully saturated rings. The number of hydrogen-bond donors (Lipinski definition) is 2. The van der Waals surface area contributed by atoms with Crippen molar-refractivity contribution in [2.45, 2.75) is 13.3 Å². The van der Waals surface area contributed by atoms with Crippen molar-refractivity contribution in [3.8, 4) is 0 Å². The zero-order valence-electron chi connectivity index (χ0n) is 11.5. The number of carbonyl (C=O) groups excluding carboxylic acids is 2. The number of benzene rings is 1. The van der Waals surface area contributed by atoms with E-state index in [-0.39, 0.29) is 24.9 Å². The predicted octanol–water partition coefficient (Wildman–Crippen LogP) is 1.08. The van der Waals surface area contributed by atoms with Gasteiger partial charge < -0.3 is 10.6 Å². The maximum absolute atomic E-state index is 11.7. The minimum absolute atomic E-state index is 0.0585. The van der Waals surface area contributed by atoms with Crippen LogP contribution in [0.3, 0.4) is 0 Å². The molecule has 1 rings (SSSR count). The van der Waals surface area contributed by atoms with E-state index in [1.54, 1.807) is 11.9 Å². The zero-order chi connectivity index (χ0) is 14.1. The van der Waals surface area contributed by atoms with E-state index in [1.165, 1.54) is 0 Å². The third-order valence-corrected chi connectivity index (χ3v) is 2.46. The molecule has 0 unspecified atom stereocenters. The molecule has 0 radical (unpaired) electrons. The summed E-state index contributed by atoms with van der Waals surface area (Å²) in [4.78, 5) is 24.9. The molecule has 0 aromatic heterocycles. The number of carbonyl (C=O) groups is 2. The Hall–Kier alpha value is -1.88. The van der Waals surface area contributed by atoms with E-state index in [0.29, 0.717) is 6.54 Å². The Balaban J connectivity index is 2.30. The van der Waals surface area contributed by atoms with Crippen molar-refractivity contribution < 1.29 is 9.59 Å². The molecule has 5 heteroatoms. The van der Waals surface area contributed by atoms with E-state index in [9.17, 15) is 9.59 Å². The maximum atomic E-state index is 11.7. The molecule has 2 N–H and O–H groups in total. The molecule has 0 spiro atoms. The predicted molar refractivity (Wildman–Crippen MR) is 75.9 cm³/mol. The molecule has 0 saturated heterocycles. The minimum atomic E-state index is -0.128. The Labute approximate surface area is 114 Å². The molecule has 0 aliphatic carbocycles. The summed E-state index contributed by atoms with van der Waals surface area (Å²) in [7, 11) is 1.75. The van der Waals surface area contributed by atoms with E-state index < -0.39 is 0 Å². The first kappa shape index (κ1) is 15.2. The Kier molecular flexibility index (Phi) is 6.60. The first-order chi connectivity index (χ1) is 9.11. The van der Waals surface area contributed by atoms with Crippen LogP contribution in [0.1, 0.15) is 13.3 Å². The minimum Gasteiger partial charge on any atom is -0.355 e. The number of nitrogens with zero attached hydrogens (tertiary/aromatic N) is 1. The number of likely N-dealkylation sites (N-methyl/N-ethyl adjacent to an activating group) is 1. The molecule has 104 valence electrons. The number of rotatable bonds is 7. The summed E-state index contributed by atoms with van der Waals surface area (Å²) >= 11 is 0. The molecular formula is C14H21N3O2. The summed E-state index contributed by atoms with van der Waals surface area (Å²) in [6.07, 6.45) is 0.907. The third-order valence-electron chi connectivity index (χ3n) is 2.46. The third kappa shape index (κ3) is 6.57. The molecular weight excluding hydrogens is 242 g/mol. The van der Waals surface area contributed by atoms with Gasteiger partial charge in [0.25, 0.3) is 0 Å². The van der Waals surface area contributed by atoms with Crippen molar-refractivity contribution >= 4 is 17.5 Å². The SMILES string of the molecule is CCCNC(=O)CN(C)CC(=O)Nc1ccccc1. The van der Waals surface area contributed by atoms with Crippen LogP contribution in [0.25, 0.3) is 0 Å². The van der Waals surface area contributed by atoms with Crippen LogP contribution in [-0.2, 0) is 9.59 Å². The standard InChI is InChI=1S/C14H21N3O2/c1-3-9-15-13(18)10-17(2)11-14(19)16-12-7-5-4-6-8-12/h4-8H,3,9-11H2,1-2H3,(H,15,18)(H,16,19). The highest BCUT2D eigenvalue weighted by molar-refractivity contribution is 5.92. The van der Waals surface area contributed by atoms with E-state index in [0.717, 1.165) is 12.1 Å². The normalized spacial score (nSPS) is 10.3. The van der Waals surface area contributed by atoms with E-state index in [2.05, 4.69) is 10.6 Å². The summed E-state index contributed by atoms with van der Waals surface area (Å²) in [5.41, 5.74) is 0.760. The van der Waals surface area contributed by atoms with Gasteiger partial charge in [-0.05, 0) is 25.6 Å². The highest BCUT2D eigenvalue weighted by atomic mass is 16.2. The lowest BCUT2D eigenvalue weighted by Gasteiger charge is -2.15. The lowest BCUT2D eigenvalue weighted by Crippen LogP contribution is -2.39. The van der Waals surface area contributed by atoms with Gasteiger partial charge in [-0.2, -0.15) is 0 Å². The molecule has 1 aromatic carbocycles. The first-order valence-corrected chi connectivity index (χ1v) is 6.42. The Morgan fingerprint density at radius 3 is 2.37 bits per heavy atom. The first-order valence-electron chi connectivity index (χ1n) is 6.42. The van der Waals surface area contributed by atoms with Crippen LogP contribution in [0.5, 0.6) is 0 Å². The maximum Gasteiger partial charge on any atom is 0.238 e. The van der Waals surface area contributed by atoms with Gasteiger partial charge in [0.1, 0.15) is 0 Å². The summed E-state index contributed by atoms with van der Waals surface area (Å²) < 4.78 is 0. The van der Waals surface area contributed by atoms with Gasteiger partial charge in [0.2, 0.25) is 11.8 Å². The molecule has 0 aliphatic heterocycles. The fourth-order valence-electron chi connectivity index (χ4n) is 1.59. The van der Waals surface area contributed by atoms with Crippen LogP contribution in [0, 0.1) is 0 Å². The Morgan fingerprint density at radius 1 is 1.11 bits per heavy atom. The van der Waals surface area contributed by atoms with Crippen molar-refractivity contribution in [1.29, 1.82) is 0 Å². The topological polar surface area (TPSA) is 61.4 Å². The summed E-state index contributed by atoms with van der Waals surface area (Å²) in [5.74, 6) is -0.186. The van der Waals surface area contributed by atoms with Gasteiger partial charge in [-0.1, -0.05) is 25.1 Å². The second kappa shape index (κ2) is 8.26. The fourth-order valence-corrected chi connectivity index (χ4v) is 1.59. The molecule has 5 nitrogen and oxygen atoms in total. The van der Waals surface area contributed by atoms with E-state index >= 15 is 0 Å². The fraction of sp³-hybridized carbons (Fsp3) is 0.429. The van der Waals surface area contributed by atoms with Crippen molar-refractivity contribution in [2.75, 3.05) is 32.0 Å². The average molecular weight is 263 g/mol. The zero-order valence-corrected chi connectivity index (χ0v) is 11.5. The molecule has 0 atom stereocenters. The molecule has 0 heterocycles. The van der Waals surface area contributed by atoms with Gasteiger partial charge in [0.15, 0.2) is 0 Å². The van der Waals surface area contributed by atoms with Crippen molar-refractivity contribution in [3.05, 3.63) is 30.3 Å². The number of amides is 2. The highest BCUT2D eigenvalue weighted by Gasteiger charge is 2.10. The summed E-state index contributed by atoms with van der Waals surface area (Å²) in [5, 5.41) is 5.55. The summed E-state index contributed by atoms with van der Waals surface area (Å²) in [6, 6.07) is 9.26. The Bertz CT molecular complexity index is 406. The van der Waals surface area contributed by atoms with Crippen molar-refractivity contribution in [3.63, 3.8) is 0 Å². The van der Waals surface area contributed by atoms with Gasteiger partial charge >= 0.3 is 0 Å². The monoisotopic (exact) mass is 263 g/mol. The van der Waals surface area contributed by atoms with Crippen molar-refractivity contribution in [2.24, 2.45) is 0 Å². The molecule has 0 saturated carbocycles. The molecule has 0 aliphatic rings. The smallest absolute Gasteiger partial charge is 0.238 e. The Morgan fingerprint density at radius 2 is 1.74 bits per heavy atom. The molecule has 0 bridgehead atoms. The van der Waals surface area contributed by atoms with Gasteiger partial charge in [0, 0.05) is 12.2 Å². The number of para-hydroxylation sites is 1. The second-order valence-corrected chi connectivity index (χ2v) is 4.44. The van der Waals surface area contributed by atoms with Crippen LogP contribution in [-0.4, -0.2) is 43.4 Å². The lowest BCUT2D eigenvalue weighted by molar-refractivity contribution is -0.122. The molecule has 2 amide bonds. The number of nitrogens with one attached hydrogen (secondary N) is 2. The molecule has 1 aromatic rings. The van der Waals surface area contributed by atoms with Crippen LogP contribution in [0.4, 0.5) is 5.69 Å². The quantitative estimate of drug-likeness (QED) is 0.774. The van der Waals surface area contributed by atoms with Crippen LogP contribution in [0.15, 0.2) is 30.3 Å². The van der Waals surface area contributed by atoms with Gasteiger partial charge in [-0.25, -0.2) is 0 Å². The highest BCUT2D eigenvalue weighted by Crippen LogP contribution is 2.04. The van der Waals surface area contributed by atoms with E-state index in [1.807, 2.05) is 37.3 Å².